The number of aromatic nitrogens is 8. The summed E-state index contributed by atoms with van der Waals surface area (Å²) in [6.45, 7) is 8.02. The van der Waals surface area contributed by atoms with Crippen LogP contribution in [-0.4, -0.2) is 52.2 Å². The number of nitrogens with zero attached hydrogens (tertiary/aromatic N) is 9. The van der Waals surface area contributed by atoms with Crippen LogP contribution in [0.25, 0.3) is 16.7 Å². The second-order valence-corrected chi connectivity index (χ2v) is 9.34. The lowest BCUT2D eigenvalue weighted by atomic mass is 9.92. The zero-order valence-electron chi connectivity index (χ0n) is 18.6. The summed E-state index contributed by atoms with van der Waals surface area (Å²) in [6, 6.07) is 4.01. The van der Waals surface area contributed by atoms with E-state index < -0.39 is 0 Å². The molecule has 10 nitrogen and oxygen atoms in total. The molecule has 0 aromatic carbocycles. The summed E-state index contributed by atoms with van der Waals surface area (Å²) in [6.07, 6.45) is 3.36. The molecule has 0 N–H and O–H groups in total. The van der Waals surface area contributed by atoms with E-state index in [1.165, 1.54) is 0 Å². The van der Waals surface area contributed by atoms with Gasteiger partial charge in [0.15, 0.2) is 17.1 Å². The van der Waals surface area contributed by atoms with E-state index in [2.05, 4.69) is 41.0 Å². The Bertz CT molecular complexity index is 1330. The maximum atomic E-state index is 12.7. The molecule has 0 spiro atoms. The second kappa shape index (κ2) is 6.86. The molecule has 5 rings (SSSR count). The van der Waals surface area contributed by atoms with Crippen LogP contribution in [-0.2, 0) is 19.5 Å². The van der Waals surface area contributed by atoms with Crippen molar-refractivity contribution >= 4 is 22.6 Å². The predicted octanol–water partition coefficient (Wildman–Crippen LogP) is 1.79. The quantitative estimate of drug-likeness (QED) is 0.486. The number of aryl methyl sites for hydroxylation is 1. The molecule has 10 heteroatoms. The molecule has 0 radical (unpaired) electrons. The van der Waals surface area contributed by atoms with Crippen molar-refractivity contribution in [2.75, 3.05) is 18.0 Å². The lowest BCUT2D eigenvalue weighted by molar-refractivity contribution is 0.464. The van der Waals surface area contributed by atoms with Gasteiger partial charge in [0.05, 0.1) is 11.9 Å². The lowest BCUT2D eigenvalue weighted by Gasteiger charge is -2.32. The number of fused-ring (bicyclic) bond motifs is 2. The first kappa shape index (κ1) is 19.7. The number of rotatable bonds is 2. The molecule has 4 aromatic heterocycles. The number of piperidine rings is 1. The zero-order chi connectivity index (χ0) is 21.9. The van der Waals surface area contributed by atoms with Crippen molar-refractivity contribution in [1.29, 1.82) is 0 Å². The molecule has 4 aromatic rings. The van der Waals surface area contributed by atoms with Crippen molar-refractivity contribution in [3.63, 3.8) is 0 Å². The Labute approximate surface area is 179 Å². The Morgan fingerprint density at radius 2 is 1.81 bits per heavy atom. The van der Waals surface area contributed by atoms with Crippen molar-refractivity contribution in [1.82, 2.24) is 39.1 Å². The standard InChI is InChI=1S/C21H27N9O/c1-21(2,3)15-6-7-16-24-25-17(30(16)26-15)13-8-10-29(11-9-13)20-23-18-14(12-22-28(18)5)19(31)27(20)4/h6-7,12-13H,8-11H2,1-5H3. The number of hydrogen-bond donors (Lipinski definition) is 0. The minimum atomic E-state index is -0.0717. The van der Waals surface area contributed by atoms with Crippen LogP contribution in [0.4, 0.5) is 5.95 Å². The van der Waals surface area contributed by atoms with Gasteiger partial charge in [0.2, 0.25) is 5.95 Å². The maximum Gasteiger partial charge on any atom is 0.265 e. The van der Waals surface area contributed by atoms with E-state index in [0.29, 0.717) is 17.0 Å². The fraction of sp³-hybridized carbons (Fsp3) is 0.524. The van der Waals surface area contributed by atoms with E-state index >= 15 is 0 Å². The van der Waals surface area contributed by atoms with Crippen molar-refractivity contribution in [2.45, 2.75) is 44.9 Å². The van der Waals surface area contributed by atoms with Gasteiger partial charge in [-0.25, -0.2) is 0 Å². The summed E-state index contributed by atoms with van der Waals surface area (Å²) < 4.78 is 5.17. The highest BCUT2D eigenvalue weighted by atomic mass is 16.1. The zero-order valence-corrected chi connectivity index (χ0v) is 18.6. The van der Waals surface area contributed by atoms with Gasteiger partial charge in [-0.2, -0.15) is 19.7 Å². The van der Waals surface area contributed by atoms with Gasteiger partial charge in [0, 0.05) is 38.5 Å². The van der Waals surface area contributed by atoms with Gasteiger partial charge >= 0.3 is 0 Å². The molecule has 0 bridgehead atoms. The minimum absolute atomic E-state index is 0.0417. The summed E-state index contributed by atoms with van der Waals surface area (Å²) in [7, 11) is 3.58. The fourth-order valence-corrected chi connectivity index (χ4v) is 4.24. The highest BCUT2D eigenvalue weighted by Crippen LogP contribution is 2.29. The SMILES string of the molecule is Cn1c(N2CCC(c3nnc4ccc(C(C)(C)C)nn34)CC2)nc2c(cnn2C)c1=O. The first-order valence-corrected chi connectivity index (χ1v) is 10.6. The summed E-state index contributed by atoms with van der Waals surface area (Å²) in [5, 5.41) is 18.3. The summed E-state index contributed by atoms with van der Waals surface area (Å²) in [5.74, 6) is 1.84. The maximum absolute atomic E-state index is 12.7. The van der Waals surface area contributed by atoms with E-state index in [4.69, 9.17) is 10.1 Å². The molecule has 1 aliphatic heterocycles. The fourth-order valence-electron chi connectivity index (χ4n) is 4.24. The Balaban J connectivity index is 1.42. The molecule has 0 aliphatic carbocycles. The molecule has 0 amide bonds. The Morgan fingerprint density at radius 1 is 1.06 bits per heavy atom. The van der Waals surface area contributed by atoms with Crippen molar-refractivity contribution in [2.24, 2.45) is 14.1 Å². The lowest BCUT2D eigenvalue weighted by Crippen LogP contribution is -2.38. The first-order valence-electron chi connectivity index (χ1n) is 10.6. The average Bonchev–Trinajstić information content (AvgIpc) is 3.33. The molecule has 0 atom stereocenters. The number of anilines is 1. The minimum Gasteiger partial charge on any atom is -0.342 e. The number of hydrogen-bond acceptors (Lipinski definition) is 7. The van der Waals surface area contributed by atoms with Crippen molar-refractivity contribution < 1.29 is 0 Å². The summed E-state index contributed by atoms with van der Waals surface area (Å²) in [5.41, 5.74) is 2.29. The molecular formula is C21H27N9O. The highest BCUT2D eigenvalue weighted by Gasteiger charge is 2.28. The van der Waals surface area contributed by atoms with E-state index in [0.717, 1.165) is 43.1 Å². The van der Waals surface area contributed by atoms with Gasteiger partial charge in [0.1, 0.15) is 5.39 Å². The first-order chi connectivity index (χ1) is 14.7. The Kier molecular flexibility index (Phi) is 4.35. The summed E-state index contributed by atoms with van der Waals surface area (Å²) >= 11 is 0. The molecule has 0 unspecified atom stereocenters. The van der Waals surface area contributed by atoms with Crippen LogP contribution >= 0.6 is 0 Å². The van der Waals surface area contributed by atoms with Gasteiger partial charge in [-0.3, -0.25) is 14.0 Å². The molecule has 5 heterocycles. The Morgan fingerprint density at radius 3 is 2.52 bits per heavy atom. The van der Waals surface area contributed by atoms with E-state index in [9.17, 15) is 4.79 Å². The van der Waals surface area contributed by atoms with Crippen LogP contribution < -0.4 is 10.5 Å². The van der Waals surface area contributed by atoms with Gasteiger partial charge < -0.3 is 4.90 Å². The van der Waals surface area contributed by atoms with Crippen LogP contribution in [0.2, 0.25) is 0 Å². The van der Waals surface area contributed by atoms with Gasteiger partial charge in [-0.1, -0.05) is 20.8 Å². The third-order valence-corrected chi connectivity index (χ3v) is 6.15. The molecule has 162 valence electrons. The topological polar surface area (TPSA) is 99.0 Å². The van der Waals surface area contributed by atoms with Gasteiger partial charge in [0.25, 0.3) is 5.56 Å². The van der Waals surface area contributed by atoms with Crippen LogP contribution in [0, 0.1) is 0 Å². The molecule has 1 aliphatic rings. The van der Waals surface area contributed by atoms with Gasteiger partial charge in [-0.05, 0) is 25.0 Å². The van der Waals surface area contributed by atoms with Crippen LogP contribution in [0.15, 0.2) is 23.1 Å². The van der Waals surface area contributed by atoms with Crippen LogP contribution in [0.3, 0.4) is 0 Å². The molecule has 1 saturated heterocycles. The van der Waals surface area contributed by atoms with E-state index in [1.54, 1.807) is 29.5 Å². The van der Waals surface area contributed by atoms with Crippen LogP contribution in [0.5, 0.6) is 0 Å². The van der Waals surface area contributed by atoms with E-state index in [-0.39, 0.29) is 16.9 Å². The monoisotopic (exact) mass is 421 g/mol. The third kappa shape index (κ3) is 3.17. The highest BCUT2D eigenvalue weighted by molar-refractivity contribution is 5.74. The second-order valence-electron chi connectivity index (χ2n) is 9.34. The van der Waals surface area contributed by atoms with Crippen LogP contribution in [0.1, 0.15) is 51.0 Å². The van der Waals surface area contributed by atoms with E-state index in [1.807, 2.05) is 16.6 Å². The van der Waals surface area contributed by atoms with Gasteiger partial charge in [-0.15, -0.1) is 10.2 Å². The summed E-state index contributed by atoms with van der Waals surface area (Å²) in [4.78, 5) is 19.6. The predicted molar refractivity (Wildman–Crippen MR) is 117 cm³/mol. The molecule has 1 fully saturated rings. The average molecular weight is 422 g/mol. The molecule has 0 saturated carbocycles. The normalized spacial score (nSPS) is 16.0. The Hall–Kier alpha value is -3.30. The molecule has 31 heavy (non-hydrogen) atoms. The molecular weight excluding hydrogens is 394 g/mol. The third-order valence-electron chi connectivity index (χ3n) is 6.15. The van der Waals surface area contributed by atoms with Crippen molar-refractivity contribution in [3.8, 4) is 0 Å². The largest absolute Gasteiger partial charge is 0.342 e. The van der Waals surface area contributed by atoms with Crippen molar-refractivity contribution in [3.05, 3.63) is 40.2 Å². The smallest absolute Gasteiger partial charge is 0.265 e.